The molecule has 6 heteroatoms. The van der Waals surface area contributed by atoms with E-state index in [2.05, 4.69) is 0 Å². The van der Waals surface area contributed by atoms with Crippen LogP contribution in [0.3, 0.4) is 0 Å². The van der Waals surface area contributed by atoms with Gasteiger partial charge in [-0.2, -0.15) is 0 Å². The minimum absolute atomic E-state index is 0.0254. The number of hydrogen-bond donors (Lipinski definition) is 0. The second-order valence-electron chi connectivity index (χ2n) is 5.84. The maximum absolute atomic E-state index is 12.7. The summed E-state index contributed by atoms with van der Waals surface area (Å²) < 4.78 is 10.9. The maximum atomic E-state index is 12.7. The predicted octanol–water partition coefficient (Wildman–Crippen LogP) is 2.45. The van der Waals surface area contributed by atoms with E-state index in [4.69, 9.17) is 9.47 Å². The van der Waals surface area contributed by atoms with E-state index in [1.54, 1.807) is 16.7 Å². The summed E-state index contributed by atoms with van der Waals surface area (Å²) in [5.41, 5.74) is 1.10. The van der Waals surface area contributed by atoms with E-state index in [0.29, 0.717) is 45.0 Å². The molecular weight excluding hydrogens is 308 g/mol. The number of carbonyl (C=O) groups excluding carboxylic acids is 2. The Labute approximate surface area is 143 Å². The van der Waals surface area contributed by atoms with Crippen LogP contribution in [0.5, 0.6) is 5.75 Å². The van der Waals surface area contributed by atoms with Crippen molar-refractivity contribution in [3.05, 3.63) is 29.8 Å². The Morgan fingerprint density at radius 1 is 1.12 bits per heavy atom. The fourth-order valence-corrected chi connectivity index (χ4v) is 2.69. The molecule has 1 saturated heterocycles. The molecule has 0 aromatic heterocycles. The van der Waals surface area contributed by atoms with Crippen molar-refractivity contribution in [1.82, 2.24) is 9.80 Å². The molecule has 24 heavy (non-hydrogen) atoms. The number of carbonyl (C=O) groups is 2. The summed E-state index contributed by atoms with van der Waals surface area (Å²) in [7, 11) is 0. The van der Waals surface area contributed by atoms with Crippen LogP contribution in [0.1, 0.15) is 25.8 Å². The summed E-state index contributed by atoms with van der Waals surface area (Å²) in [6, 6.07) is 7.69. The molecule has 1 aromatic carbocycles. The van der Waals surface area contributed by atoms with Crippen molar-refractivity contribution in [2.24, 2.45) is 0 Å². The molecule has 2 amide bonds. The van der Waals surface area contributed by atoms with Crippen LogP contribution in [0.4, 0.5) is 4.79 Å². The minimum Gasteiger partial charge on any atom is -0.481 e. The zero-order valence-corrected chi connectivity index (χ0v) is 14.7. The second-order valence-corrected chi connectivity index (χ2v) is 5.84. The average molecular weight is 334 g/mol. The Balaban J connectivity index is 1.91. The van der Waals surface area contributed by atoms with Crippen LogP contribution >= 0.6 is 0 Å². The van der Waals surface area contributed by atoms with Gasteiger partial charge in [0, 0.05) is 26.2 Å². The van der Waals surface area contributed by atoms with E-state index in [1.165, 1.54) is 0 Å². The monoisotopic (exact) mass is 334 g/mol. The zero-order chi connectivity index (χ0) is 17.5. The van der Waals surface area contributed by atoms with Gasteiger partial charge in [-0.25, -0.2) is 4.79 Å². The standard InChI is InChI=1S/C18H26N2O4/c1-4-16(24-15-8-6-7-14(3)13-15)17(21)19-9-11-20(12-10-19)18(22)23-5-2/h6-8,13,16H,4-5,9-12H2,1-3H3/t16-/m0/s1. The van der Waals surface area contributed by atoms with E-state index in [-0.39, 0.29) is 12.0 Å². The molecule has 1 aliphatic heterocycles. The van der Waals surface area contributed by atoms with Gasteiger partial charge in [0.2, 0.25) is 0 Å². The number of amides is 2. The van der Waals surface area contributed by atoms with E-state index >= 15 is 0 Å². The van der Waals surface area contributed by atoms with Gasteiger partial charge in [-0.1, -0.05) is 19.1 Å². The van der Waals surface area contributed by atoms with Crippen LogP contribution in [0, 0.1) is 6.92 Å². The van der Waals surface area contributed by atoms with Crippen molar-refractivity contribution in [2.75, 3.05) is 32.8 Å². The normalized spacial score (nSPS) is 15.8. The maximum Gasteiger partial charge on any atom is 0.409 e. The third kappa shape index (κ3) is 4.63. The highest BCUT2D eigenvalue weighted by Gasteiger charge is 2.29. The summed E-state index contributed by atoms with van der Waals surface area (Å²) >= 11 is 0. The SMILES string of the molecule is CCOC(=O)N1CCN(C(=O)[C@H](CC)Oc2cccc(C)c2)CC1. The van der Waals surface area contributed by atoms with Gasteiger partial charge in [-0.3, -0.25) is 4.79 Å². The molecule has 0 radical (unpaired) electrons. The molecular formula is C18H26N2O4. The lowest BCUT2D eigenvalue weighted by Gasteiger charge is -2.35. The molecule has 132 valence electrons. The largest absolute Gasteiger partial charge is 0.481 e. The molecule has 1 atom stereocenters. The van der Waals surface area contributed by atoms with Crippen molar-refractivity contribution < 1.29 is 19.1 Å². The summed E-state index contributed by atoms with van der Waals surface area (Å²) in [5, 5.41) is 0. The third-order valence-electron chi connectivity index (χ3n) is 4.03. The smallest absolute Gasteiger partial charge is 0.409 e. The van der Waals surface area contributed by atoms with E-state index < -0.39 is 6.10 Å². The van der Waals surface area contributed by atoms with Gasteiger partial charge in [0.1, 0.15) is 5.75 Å². The molecule has 1 aromatic rings. The first-order valence-corrected chi connectivity index (χ1v) is 8.49. The summed E-state index contributed by atoms with van der Waals surface area (Å²) in [4.78, 5) is 27.8. The van der Waals surface area contributed by atoms with Gasteiger partial charge in [-0.05, 0) is 38.0 Å². The van der Waals surface area contributed by atoms with Gasteiger partial charge >= 0.3 is 6.09 Å². The number of aryl methyl sites for hydroxylation is 1. The molecule has 2 rings (SSSR count). The van der Waals surface area contributed by atoms with Crippen LogP contribution < -0.4 is 4.74 Å². The minimum atomic E-state index is -0.499. The van der Waals surface area contributed by atoms with Crippen molar-refractivity contribution in [3.8, 4) is 5.75 Å². The first kappa shape index (κ1) is 18.1. The van der Waals surface area contributed by atoms with Crippen molar-refractivity contribution in [2.45, 2.75) is 33.3 Å². The van der Waals surface area contributed by atoms with Crippen molar-refractivity contribution in [3.63, 3.8) is 0 Å². The van der Waals surface area contributed by atoms with E-state index in [9.17, 15) is 9.59 Å². The number of ether oxygens (including phenoxy) is 2. The highest BCUT2D eigenvalue weighted by Crippen LogP contribution is 2.17. The average Bonchev–Trinajstić information content (AvgIpc) is 2.59. The van der Waals surface area contributed by atoms with Crippen LogP contribution in [0.2, 0.25) is 0 Å². The van der Waals surface area contributed by atoms with E-state index in [1.807, 2.05) is 38.1 Å². The van der Waals surface area contributed by atoms with Gasteiger partial charge in [0.05, 0.1) is 6.61 Å². The van der Waals surface area contributed by atoms with Crippen molar-refractivity contribution >= 4 is 12.0 Å². The summed E-state index contributed by atoms with van der Waals surface area (Å²) in [6.07, 6.45) is -0.209. The number of nitrogens with zero attached hydrogens (tertiary/aromatic N) is 2. The Morgan fingerprint density at radius 3 is 2.38 bits per heavy atom. The fourth-order valence-electron chi connectivity index (χ4n) is 2.69. The second kappa shape index (κ2) is 8.57. The van der Waals surface area contributed by atoms with Gasteiger partial charge in [0.15, 0.2) is 6.10 Å². The first-order valence-electron chi connectivity index (χ1n) is 8.49. The third-order valence-corrected chi connectivity index (χ3v) is 4.03. The summed E-state index contributed by atoms with van der Waals surface area (Å²) in [5.74, 6) is 0.683. The van der Waals surface area contributed by atoms with Gasteiger partial charge < -0.3 is 19.3 Å². The number of benzene rings is 1. The molecule has 1 aliphatic rings. The van der Waals surface area contributed by atoms with Crippen LogP contribution in [-0.2, 0) is 9.53 Å². The fraction of sp³-hybridized carbons (Fsp3) is 0.556. The Kier molecular flexibility index (Phi) is 6.46. The van der Waals surface area contributed by atoms with Crippen LogP contribution in [0.15, 0.2) is 24.3 Å². The lowest BCUT2D eigenvalue weighted by atomic mass is 10.2. The lowest BCUT2D eigenvalue weighted by molar-refractivity contribution is -0.140. The highest BCUT2D eigenvalue weighted by molar-refractivity contribution is 5.81. The predicted molar refractivity (Wildman–Crippen MR) is 91.1 cm³/mol. The van der Waals surface area contributed by atoms with Crippen molar-refractivity contribution in [1.29, 1.82) is 0 Å². The molecule has 0 saturated carbocycles. The zero-order valence-electron chi connectivity index (χ0n) is 14.7. The molecule has 0 aliphatic carbocycles. The van der Waals surface area contributed by atoms with Crippen LogP contribution in [-0.4, -0.2) is 60.7 Å². The molecule has 0 unspecified atom stereocenters. The molecule has 6 nitrogen and oxygen atoms in total. The van der Waals surface area contributed by atoms with Crippen LogP contribution in [0.25, 0.3) is 0 Å². The number of hydrogen-bond acceptors (Lipinski definition) is 4. The van der Waals surface area contributed by atoms with Gasteiger partial charge in [0.25, 0.3) is 5.91 Å². The number of rotatable bonds is 5. The molecule has 0 N–H and O–H groups in total. The molecule has 0 spiro atoms. The molecule has 0 bridgehead atoms. The summed E-state index contributed by atoms with van der Waals surface area (Å²) in [6.45, 7) is 8.07. The van der Waals surface area contributed by atoms with Gasteiger partial charge in [-0.15, -0.1) is 0 Å². The Morgan fingerprint density at radius 2 is 1.79 bits per heavy atom. The Bertz CT molecular complexity index is 568. The molecule has 1 heterocycles. The highest BCUT2D eigenvalue weighted by atomic mass is 16.6. The first-order chi connectivity index (χ1) is 11.5. The topological polar surface area (TPSA) is 59.1 Å². The van der Waals surface area contributed by atoms with E-state index in [0.717, 1.165) is 5.56 Å². The Hall–Kier alpha value is -2.24. The quantitative estimate of drug-likeness (QED) is 0.830. The lowest BCUT2D eigenvalue weighted by Crippen LogP contribution is -2.53. The number of piperazine rings is 1. The molecule has 1 fully saturated rings.